The monoisotopic (exact) mass is 356 g/mol. The lowest BCUT2D eigenvalue weighted by atomic mass is 10.1. The molecule has 0 aliphatic rings. The van der Waals surface area contributed by atoms with E-state index in [0.717, 1.165) is 5.56 Å². The quantitative estimate of drug-likeness (QED) is 0.674. The molecule has 1 amide bonds. The molecule has 0 unspecified atom stereocenters. The highest BCUT2D eigenvalue weighted by molar-refractivity contribution is 6.29. The smallest absolute Gasteiger partial charge is 0.259 e. The minimum atomic E-state index is -0.363. The van der Waals surface area contributed by atoms with E-state index in [0.29, 0.717) is 22.2 Å². The van der Waals surface area contributed by atoms with E-state index in [1.54, 1.807) is 42.6 Å². The van der Waals surface area contributed by atoms with Gasteiger partial charge in [-0.1, -0.05) is 29.8 Å². The van der Waals surface area contributed by atoms with Gasteiger partial charge in [-0.15, -0.1) is 0 Å². The van der Waals surface area contributed by atoms with E-state index in [1.807, 2.05) is 0 Å². The maximum absolute atomic E-state index is 13.0. The molecule has 25 heavy (non-hydrogen) atoms. The van der Waals surface area contributed by atoms with Crippen LogP contribution in [0.15, 0.2) is 66.9 Å². The van der Waals surface area contributed by atoms with Gasteiger partial charge in [-0.3, -0.25) is 4.79 Å². The van der Waals surface area contributed by atoms with Crippen molar-refractivity contribution in [1.29, 1.82) is 0 Å². The highest BCUT2D eigenvalue weighted by Gasteiger charge is 2.12. The van der Waals surface area contributed by atoms with Gasteiger partial charge < -0.3 is 10.1 Å². The number of ether oxygens (including phenoxy) is 1. The van der Waals surface area contributed by atoms with Gasteiger partial charge in [0.1, 0.15) is 23.3 Å². The molecule has 126 valence electrons. The fourth-order valence-electron chi connectivity index (χ4n) is 2.16. The average Bonchev–Trinajstić information content (AvgIpc) is 2.63. The molecule has 2 aromatic carbocycles. The Morgan fingerprint density at radius 3 is 2.56 bits per heavy atom. The summed E-state index contributed by atoms with van der Waals surface area (Å²) in [5.41, 5.74) is 1.72. The Bertz CT molecular complexity index is 867. The Hall–Kier alpha value is -2.92. The van der Waals surface area contributed by atoms with Crippen molar-refractivity contribution in [1.82, 2.24) is 4.98 Å². The molecule has 0 aliphatic heterocycles. The van der Waals surface area contributed by atoms with Gasteiger partial charge in [0, 0.05) is 17.4 Å². The van der Waals surface area contributed by atoms with Crippen LogP contribution in [0.2, 0.25) is 5.15 Å². The second-order valence-corrected chi connectivity index (χ2v) is 5.62. The first-order valence-corrected chi connectivity index (χ1v) is 7.89. The number of hydrogen-bond donors (Lipinski definition) is 1. The number of anilines is 1. The van der Waals surface area contributed by atoms with Crippen molar-refractivity contribution in [3.63, 3.8) is 0 Å². The number of benzene rings is 2. The second-order valence-electron chi connectivity index (χ2n) is 5.24. The Kier molecular flexibility index (Phi) is 5.26. The van der Waals surface area contributed by atoms with Crippen molar-refractivity contribution in [2.75, 3.05) is 5.32 Å². The molecule has 6 heteroatoms. The predicted molar refractivity (Wildman–Crippen MR) is 94.4 cm³/mol. The van der Waals surface area contributed by atoms with Gasteiger partial charge in [0.05, 0.1) is 5.56 Å². The topological polar surface area (TPSA) is 51.2 Å². The number of carbonyl (C=O) groups excluding carboxylic acids is 1. The van der Waals surface area contributed by atoms with Crippen LogP contribution in [0.25, 0.3) is 0 Å². The van der Waals surface area contributed by atoms with Crippen LogP contribution in [0.4, 0.5) is 10.1 Å². The normalized spacial score (nSPS) is 10.3. The van der Waals surface area contributed by atoms with Crippen LogP contribution in [0.5, 0.6) is 5.75 Å². The first-order valence-electron chi connectivity index (χ1n) is 7.51. The minimum absolute atomic E-state index is 0.255. The summed E-state index contributed by atoms with van der Waals surface area (Å²) in [4.78, 5) is 16.4. The SMILES string of the molecule is O=C(Nc1ccc(F)cc1)c1ccccc1OCc1ccc(Cl)nc1. The molecule has 1 aromatic heterocycles. The number of pyridine rings is 1. The maximum Gasteiger partial charge on any atom is 0.259 e. The number of halogens is 2. The van der Waals surface area contributed by atoms with E-state index in [4.69, 9.17) is 16.3 Å². The summed E-state index contributed by atoms with van der Waals surface area (Å²) in [5, 5.41) is 3.12. The van der Waals surface area contributed by atoms with Gasteiger partial charge in [0.25, 0.3) is 5.91 Å². The van der Waals surface area contributed by atoms with E-state index in [1.165, 1.54) is 24.3 Å². The summed E-state index contributed by atoms with van der Waals surface area (Å²) < 4.78 is 18.7. The zero-order chi connectivity index (χ0) is 17.6. The van der Waals surface area contributed by atoms with Crippen LogP contribution < -0.4 is 10.1 Å². The Morgan fingerprint density at radius 1 is 1.08 bits per heavy atom. The van der Waals surface area contributed by atoms with Crippen molar-refractivity contribution in [3.8, 4) is 5.75 Å². The Balaban J connectivity index is 1.72. The first kappa shape index (κ1) is 16.9. The number of aromatic nitrogens is 1. The zero-order valence-electron chi connectivity index (χ0n) is 13.1. The van der Waals surface area contributed by atoms with E-state index < -0.39 is 0 Å². The number of para-hydroxylation sites is 1. The van der Waals surface area contributed by atoms with Crippen molar-refractivity contribution >= 4 is 23.2 Å². The molecule has 1 N–H and O–H groups in total. The van der Waals surface area contributed by atoms with Crippen molar-refractivity contribution in [2.24, 2.45) is 0 Å². The van der Waals surface area contributed by atoms with E-state index >= 15 is 0 Å². The van der Waals surface area contributed by atoms with Crippen molar-refractivity contribution < 1.29 is 13.9 Å². The average molecular weight is 357 g/mol. The Morgan fingerprint density at radius 2 is 1.84 bits per heavy atom. The maximum atomic E-state index is 13.0. The lowest BCUT2D eigenvalue weighted by Gasteiger charge is -2.12. The standard InChI is InChI=1S/C19H14ClFN2O2/c20-18-10-5-13(11-22-18)12-25-17-4-2-1-3-16(17)19(24)23-15-8-6-14(21)7-9-15/h1-11H,12H2,(H,23,24). The van der Waals surface area contributed by atoms with Crippen LogP contribution in [-0.2, 0) is 6.61 Å². The third kappa shape index (κ3) is 4.55. The molecule has 0 fully saturated rings. The van der Waals surface area contributed by atoms with Crippen LogP contribution in [0.3, 0.4) is 0 Å². The van der Waals surface area contributed by atoms with Gasteiger partial charge >= 0.3 is 0 Å². The van der Waals surface area contributed by atoms with E-state index in [9.17, 15) is 9.18 Å². The molecule has 4 nitrogen and oxygen atoms in total. The van der Waals surface area contributed by atoms with E-state index in [2.05, 4.69) is 10.3 Å². The number of rotatable bonds is 5. The van der Waals surface area contributed by atoms with Crippen LogP contribution in [-0.4, -0.2) is 10.9 Å². The molecule has 3 rings (SSSR count). The number of hydrogen-bond acceptors (Lipinski definition) is 3. The molecule has 0 saturated heterocycles. The van der Waals surface area contributed by atoms with Crippen molar-refractivity contribution in [2.45, 2.75) is 6.61 Å². The Labute approximate surface area is 149 Å². The fourth-order valence-corrected chi connectivity index (χ4v) is 2.28. The summed E-state index contributed by atoms with van der Waals surface area (Å²) in [7, 11) is 0. The number of carbonyl (C=O) groups is 1. The molecular weight excluding hydrogens is 343 g/mol. The molecule has 0 aliphatic carbocycles. The molecule has 0 spiro atoms. The van der Waals surface area contributed by atoms with Gasteiger partial charge in [-0.25, -0.2) is 9.37 Å². The summed E-state index contributed by atoms with van der Waals surface area (Å²) in [5.74, 6) is -0.258. The van der Waals surface area contributed by atoms with Gasteiger partial charge in [0.2, 0.25) is 0 Å². The van der Waals surface area contributed by atoms with Gasteiger partial charge in [0.15, 0.2) is 0 Å². The lowest BCUT2D eigenvalue weighted by molar-refractivity contribution is 0.102. The second kappa shape index (κ2) is 7.77. The molecule has 0 atom stereocenters. The molecule has 1 heterocycles. The van der Waals surface area contributed by atoms with Gasteiger partial charge in [-0.05, 0) is 42.5 Å². The number of amides is 1. The molecule has 3 aromatic rings. The van der Waals surface area contributed by atoms with Crippen LogP contribution >= 0.6 is 11.6 Å². The highest BCUT2D eigenvalue weighted by atomic mass is 35.5. The van der Waals surface area contributed by atoms with Crippen molar-refractivity contribution in [3.05, 3.63) is 89.0 Å². The largest absolute Gasteiger partial charge is 0.488 e. The zero-order valence-corrected chi connectivity index (χ0v) is 13.8. The third-order valence-corrected chi connectivity index (χ3v) is 3.64. The highest BCUT2D eigenvalue weighted by Crippen LogP contribution is 2.21. The lowest BCUT2D eigenvalue weighted by Crippen LogP contribution is -2.13. The molecule has 0 bridgehead atoms. The predicted octanol–water partition coefficient (Wildman–Crippen LogP) is 4.71. The fraction of sp³-hybridized carbons (Fsp3) is 0.0526. The summed E-state index contributed by atoms with van der Waals surface area (Å²) in [6, 6.07) is 15.9. The minimum Gasteiger partial charge on any atom is -0.488 e. The summed E-state index contributed by atoms with van der Waals surface area (Å²) in [6.45, 7) is 0.255. The molecule has 0 saturated carbocycles. The summed E-state index contributed by atoms with van der Waals surface area (Å²) >= 11 is 5.75. The van der Waals surface area contributed by atoms with Gasteiger partial charge in [-0.2, -0.15) is 0 Å². The van der Waals surface area contributed by atoms with Crippen LogP contribution in [0, 0.1) is 5.82 Å². The third-order valence-electron chi connectivity index (χ3n) is 3.42. The van der Waals surface area contributed by atoms with E-state index in [-0.39, 0.29) is 18.3 Å². The summed E-state index contributed by atoms with van der Waals surface area (Å²) in [6.07, 6.45) is 1.61. The molecular formula is C19H14ClFN2O2. The first-order chi connectivity index (χ1) is 12.1. The molecule has 0 radical (unpaired) electrons. The number of nitrogens with zero attached hydrogens (tertiary/aromatic N) is 1. The van der Waals surface area contributed by atoms with Crippen LogP contribution in [0.1, 0.15) is 15.9 Å². The number of nitrogens with one attached hydrogen (secondary N) is 1.